The lowest BCUT2D eigenvalue weighted by Crippen LogP contribution is -2.32. The normalized spacial score (nSPS) is 9.25. The van der Waals surface area contributed by atoms with Crippen LogP contribution < -0.4 is 4.57 Å². The van der Waals surface area contributed by atoms with Crippen molar-refractivity contribution in [1.29, 1.82) is 0 Å². The molecule has 0 saturated carbocycles. The minimum absolute atomic E-state index is 0.663. The molecular weight excluding hydrogens is 200 g/mol. The molecule has 2 heterocycles. The minimum atomic E-state index is 0.663. The molecule has 2 aromatic heterocycles. The summed E-state index contributed by atoms with van der Waals surface area (Å²) in [6.45, 7) is 7.73. The molecule has 2 rings (SSSR count). The van der Waals surface area contributed by atoms with Crippen LogP contribution in [-0.2, 0) is 0 Å². The molecule has 0 amide bonds. The molecule has 0 aliphatic heterocycles. The van der Waals surface area contributed by atoms with Crippen LogP contribution in [0.3, 0.4) is 0 Å². The van der Waals surface area contributed by atoms with Crippen LogP contribution in [-0.4, -0.2) is 15.0 Å². The monoisotopic (exact) mass is 217 g/mol. The van der Waals surface area contributed by atoms with E-state index in [0.717, 1.165) is 11.6 Å². The zero-order chi connectivity index (χ0) is 12.0. The summed E-state index contributed by atoms with van der Waals surface area (Å²) in [7, 11) is 0. The van der Waals surface area contributed by atoms with E-state index >= 15 is 0 Å². The van der Waals surface area contributed by atoms with Gasteiger partial charge in [0.15, 0.2) is 0 Å². The van der Waals surface area contributed by atoms with Gasteiger partial charge in [-0.2, -0.15) is 4.98 Å². The summed E-state index contributed by atoms with van der Waals surface area (Å²) in [4.78, 5) is 12.6. The van der Waals surface area contributed by atoms with Gasteiger partial charge >= 0.3 is 5.95 Å². The molecule has 0 aromatic carbocycles. The lowest BCUT2D eigenvalue weighted by molar-refractivity contribution is -0.603. The maximum atomic E-state index is 4.24. The Bertz CT molecular complexity index is 420. The molecule has 0 atom stereocenters. The van der Waals surface area contributed by atoms with Crippen molar-refractivity contribution in [2.24, 2.45) is 0 Å². The van der Waals surface area contributed by atoms with Gasteiger partial charge in [-0.1, -0.05) is 29.9 Å². The Morgan fingerprint density at radius 3 is 1.81 bits per heavy atom. The number of nitrogens with zero attached hydrogens (tertiary/aromatic N) is 4. The Morgan fingerprint density at radius 2 is 1.31 bits per heavy atom. The van der Waals surface area contributed by atoms with Crippen LogP contribution in [0.2, 0.25) is 0 Å². The molecule has 0 radical (unpaired) electrons. The largest absolute Gasteiger partial charge is 0.440 e. The summed E-state index contributed by atoms with van der Waals surface area (Å²) >= 11 is 0. The van der Waals surface area contributed by atoms with Crippen LogP contribution in [0.25, 0.3) is 5.95 Å². The van der Waals surface area contributed by atoms with Gasteiger partial charge in [-0.3, -0.25) is 0 Å². The van der Waals surface area contributed by atoms with Gasteiger partial charge in [0.05, 0.1) is 12.4 Å². The Kier molecular flexibility index (Phi) is 4.51. The second kappa shape index (κ2) is 5.90. The van der Waals surface area contributed by atoms with E-state index in [9.17, 15) is 0 Å². The maximum absolute atomic E-state index is 4.24. The second-order valence-corrected chi connectivity index (χ2v) is 3.01. The van der Waals surface area contributed by atoms with Gasteiger partial charge in [0.1, 0.15) is 0 Å². The standard InChI is InChI=1S/C10H11N4.C2H6/c1-8-11-9(2)13-10(12-8)14-6-4-3-5-7-14;1-2/h3-7H,1-2H3;1-2H3/q+1;. The molecule has 84 valence electrons. The van der Waals surface area contributed by atoms with Crippen LogP contribution in [0, 0.1) is 13.8 Å². The van der Waals surface area contributed by atoms with Crippen molar-refractivity contribution < 1.29 is 4.57 Å². The van der Waals surface area contributed by atoms with Crippen LogP contribution in [0.4, 0.5) is 0 Å². The highest BCUT2D eigenvalue weighted by Crippen LogP contribution is 1.93. The summed E-state index contributed by atoms with van der Waals surface area (Å²) in [5.41, 5.74) is 0. The van der Waals surface area contributed by atoms with Gasteiger partial charge in [0.2, 0.25) is 11.6 Å². The highest BCUT2D eigenvalue weighted by Gasteiger charge is 2.11. The zero-order valence-corrected chi connectivity index (χ0v) is 10.2. The fourth-order valence-electron chi connectivity index (χ4n) is 1.25. The Hall–Kier alpha value is -1.84. The molecule has 0 aliphatic carbocycles. The number of rotatable bonds is 1. The van der Waals surface area contributed by atoms with Crippen LogP contribution >= 0.6 is 0 Å². The van der Waals surface area contributed by atoms with E-state index < -0.39 is 0 Å². The summed E-state index contributed by atoms with van der Waals surface area (Å²) in [5, 5.41) is 0. The van der Waals surface area contributed by atoms with Crippen molar-refractivity contribution in [3.63, 3.8) is 0 Å². The summed E-state index contributed by atoms with van der Waals surface area (Å²) in [5.74, 6) is 2.14. The molecule has 4 heteroatoms. The molecule has 2 aromatic rings. The lowest BCUT2D eigenvalue weighted by Gasteiger charge is -1.94. The van der Waals surface area contributed by atoms with Gasteiger partial charge < -0.3 is 0 Å². The van der Waals surface area contributed by atoms with Gasteiger partial charge in [-0.15, -0.1) is 0 Å². The number of aryl methyl sites for hydroxylation is 2. The highest BCUT2D eigenvalue weighted by atomic mass is 15.2. The number of pyridine rings is 1. The molecule has 0 spiro atoms. The average Bonchev–Trinajstić information content (AvgIpc) is 2.32. The lowest BCUT2D eigenvalue weighted by atomic mass is 10.5. The van der Waals surface area contributed by atoms with E-state index in [0.29, 0.717) is 5.95 Å². The van der Waals surface area contributed by atoms with Crippen LogP contribution in [0.1, 0.15) is 25.5 Å². The van der Waals surface area contributed by atoms with E-state index in [1.165, 1.54) is 0 Å². The van der Waals surface area contributed by atoms with E-state index in [1.54, 1.807) is 0 Å². The third kappa shape index (κ3) is 3.08. The smallest absolute Gasteiger partial charge is 0.206 e. The quantitative estimate of drug-likeness (QED) is 0.684. The van der Waals surface area contributed by atoms with Crippen molar-refractivity contribution >= 4 is 0 Å². The third-order valence-corrected chi connectivity index (χ3v) is 1.79. The molecule has 0 fully saturated rings. The van der Waals surface area contributed by atoms with Crippen molar-refractivity contribution in [3.05, 3.63) is 42.2 Å². The van der Waals surface area contributed by atoms with E-state index in [2.05, 4.69) is 15.0 Å². The van der Waals surface area contributed by atoms with Gasteiger partial charge in [-0.25, -0.2) is 4.57 Å². The number of hydrogen-bond acceptors (Lipinski definition) is 3. The zero-order valence-electron chi connectivity index (χ0n) is 10.2. The summed E-state index contributed by atoms with van der Waals surface area (Å²) in [6.07, 6.45) is 3.82. The Morgan fingerprint density at radius 1 is 0.812 bits per heavy atom. The molecule has 4 nitrogen and oxygen atoms in total. The molecule has 0 unspecified atom stereocenters. The first-order valence-electron chi connectivity index (χ1n) is 5.41. The maximum Gasteiger partial charge on any atom is 0.440 e. The summed E-state index contributed by atoms with van der Waals surface area (Å²) in [6, 6.07) is 5.83. The molecule has 16 heavy (non-hydrogen) atoms. The predicted molar refractivity (Wildman–Crippen MR) is 62.2 cm³/mol. The van der Waals surface area contributed by atoms with Gasteiger partial charge in [-0.05, 0) is 12.1 Å². The highest BCUT2D eigenvalue weighted by molar-refractivity contribution is 5.00. The van der Waals surface area contributed by atoms with E-state index in [4.69, 9.17) is 0 Å². The third-order valence-electron chi connectivity index (χ3n) is 1.79. The van der Waals surface area contributed by atoms with Crippen molar-refractivity contribution in [2.45, 2.75) is 27.7 Å². The fourth-order valence-corrected chi connectivity index (χ4v) is 1.25. The van der Waals surface area contributed by atoms with Crippen molar-refractivity contribution in [3.8, 4) is 5.95 Å². The molecular formula is C12H17N4+. The number of hydrogen-bond donors (Lipinski definition) is 0. The number of aromatic nitrogens is 4. The van der Waals surface area contributed by atoms with Crippen molar-refractivity contribution in [1.82, 2.24) is 15.0 Å². The molecule has 0 aliphatic rings. The first kappa shape index (κ1) is 12.2. The first-order valence-corrected chi connectivity index (χ1v) is 5.41. The molecule has 0 bridgehead atoms. The average molecular weight is 217 g/mol. The van der Waals surface area contributed by atoms with Crippen molar-refractivity contribution in [2.75, 3.05) is 0 Å². The second-order valence-electron chi connectivity index (χ2n) is 3.01. The molecule has 0 saturated heterocycles. The van der Waals surface area contributed by atoms with Crippen LogP contribution in [0.5, 0.6) is 0 Å². The Balaban J connectivity index is 0.000000606. The van der Waals surface area contributed by atoms with Gasteiger partial charge in [0, 0.05) is 13.8 Å². The van der Waals surface area contributed by atoms with Crippen LogP contribution in [0.15, 0.2) is 30.6 Å². The summed E-state index contributed by atoms with van der Waals surface area (Å²) < 4.78 is 1.86. The SMILES string of the molecule is CC.Cc1nc(C)nc(-[n+]2ccccc2)n1. The fraction of sp³-hybridized carbons (Fsp3) is 0.333. The predicted octanol–water partition coefficient (Wildman–Crippen LogP) is 1.79. The Labute approximate surface area is 96.0 Å². The minimum Gasteiger partial charge on any atom is -0.206 e. The van der Waals surface area contributed by atoms with Gasteiger partial charge in [0.25, 0.3) is 0 Å². The molecule has 0 N–H and O–H groups in total. The first-order chi connectivity index (χ1) is 7.75. The van der Waals surface area contributed by atoms with E-state index in [1.807, 2.05) is 62.9 Å². The van der Waals surface area contributed by atoms with E-state index in [-0.39, 0.29) is 0 Å². The topological polar surface area (TPSA) is 42.5 Å².